The molecule has 1 aromatic heterocycles. The minimum Gasteiger partial charge on any atom is -0.496 e. The van der Waals surface area contributed by atoms with Crippen LogP contribution in [0.5, 0.6) is 5.75 Å². The van der Waals surface area contributed by atoms with Gasteiger partial charge in [0.1, 0.15) is 11.3 Å². The fourth-order valence-electron chi connectivity index (χ4n) is 2.96. The number of rotatable bonds is 6. The van der Waals surface area contributed by atoms with Crippen molar-refractivity contribution in [3.63, 3.8) is 0 Å². The van der Waals surface area contributed by atoms with Crippen LogP contribution in [0.4, 0.5) is 0 Å². The van der Waals surface area contributed by atoms with Gasteiger partial charge in [-0.25, -0.2) is 0 Å². The Hall–Kier alpha value is -2.72. The number of furan rings is 1. The number of allylic oxidation sites excluding steroid dienone is 1. The van der Waals surface area contributed by atoms with Crippen molar-refractivity contribution in [2.24, 2.45) is 0 Å². The quantitative estimate of drug-likeness (QED) is 0.556. The summed E-state index contributed by atoms with van der Waals surface area (Å²) in [5, 5.41) is 4.50. The third kappa shape index (κ3) is 4.17. The van der Waals surface area contributed by atoms with Gasteiger partial charge in [-0.3, -0.25) is 4.79 Å². The first kappa shape index (κ1) is 19.1. The first-order chi connectivity index (χ1) is 13.0. The van der Waals surface area contributed by atoms with E-state index < -0.39 is 0 Å². The second-order valence-corrected chi connectivity index (χ2v) is 6.76. The van der Waals surface area contributed by atoms with Crippen LogP contribution in [-0.2, 0) is 4.79 Å². The molecule has 0 unspecified atom stereocenters. The summed E-state index contributed by atoms with van der Waals surface area (Å²) in [5.41, 5.74) is 4.38. The molecule has 1 heterocycles. The molecule has 2 aromatic carbocycles. The second kappa shape index (κ2) is 8.31. The van der Waals surface area contributed by atoms with Gasteiger partial charge in [0.2, 0.25) is 5.91 Å². The standard InChI is InChI=1S/C22H22ClNO3/c1-4-9-24-22(25)10-14(2)17-11-18-19(15-5-7-16(23)8-6-15)13-27-21(18)12-20(17)26-3/h5-8,10-13H,4,9H2,1-3H3,(H,24,25)/b14-10+. The third-order valence-corrected chi connectivity index (χ3v) is 4.62. The number of halogens is 1. The Balaban J connectivity index is 2.07. The molecule has 0 bridgehead atoms. The summed E-state index contributed by atoms with van der Waals surface area (Å²) in [7, 11) is 1.61. The minimum absolute atomic E-state index is 0.110. The Morgan fingerprint density at radius 3 is 2.67 bits per heavy atom. The van der Waals surface area contributed by atoms with E-state index in [1.807, 2.05) is 50.2 Å². The number of methoxy groups -OCH3 is 1. The van der Waals surface area contributed by atoms with Crippen LogP contribution in [0.15, 0.2) is 53.2 Å². The van der Waals surface area contributed by atoms with Gasteiger partial charge in [0.05, 0.1) is 13.4 Å². The highest BCUT2D eigenvalue weighted by Crippen LogP contribution is 2.37. The summed E-state index contributed by atoms with van der Waals surface area (Å²) >= 11 is 6.00. The number of amides is 1. The van der Waals surface area contributed by atoms with Gasteiger partial charge in [0.25, 0.3) is 0 Å². The van der Waals surface area contributed by atoms with Gasteiger partial charge in [-0.2, -0.15) is 0 Å². The number of carbonyl (C=O) groups excluding carboxylic acids is 1. The van der Waals surface area contributed by atoms with Gasteiger partial charge < -0.3 is 14.5 Å². The first-order valence-corrected chi connectivity index (χ1v) is 9.23. The monoisotopic (exact) mass is 383 g/mol. The van der Waals surface area contributed by atoms with E-state index in [2.05, 4.69) is 5.32 Å². The van der Waals surface area contributed by atoms with Crippen LogP contribution in [-0.4, -0.2) is 19.6 Å². The zero-order chi connectivity index (χ0) is 19.4. The largest absolute Gasteiger partial charge is 0.496 e. The molecule has 0 saturated heterocycles. The highest BCUT2D eigenvalue weighted by Gasteiger charge is 2.15. The Labute approximate surface area is 163 Å². The van der Waals surface area contributed by atoms with Crippen LogP contribution in [0.1, 0.15) is 25.8 Å². The maximum atomic E-state index is 12.1. The maximum absolute atomic E-state index is 12.1. The van der Waals surface area contributed by atoms with E-state index in [1.54, 1.807) is 19.4 Å². The van der Waals surface area contributed by atoms with E-state index in [4.69, 9.17) is 20.8 Å². The number of carbonyl (C=O) groups is 1. The molecule has 4 nitrogen and oxygen atoms in total. The molecule has 0 spiro atoms. The smallest absolute Gasteiger partial charge is 0.244 e. The van der Waals surface area contributed by atoms with Crippen LogP contribution < -0.4 is 10.1 Å². The molecule has 0 atom stereocenters. The van der Waals surface area contributed by atoms with Crippen molar-refractivity contribution >= 4 is 34.1 Å². The molecule has 5 heteroatoms. The SMILES string of the molecule is CCCNC(=O)/C=C(\C)c1cc2c(-c3ccc(Cl)cc3)coc2cc1OC. The van der Waals surface area contributed by atoms with Crippen molar-refractivity contribution in [2.75, 3.05) is 13.7 Å². The predicted octanol–water partition coefficient (Wildman–Crippen LogP) is 5.69. The maximum Gasteiger partial charge on any atom is 0.244 e. The van der Waals surface area contributed by atoms with Crippen LogP contribution in [0.25, 0.3) is 27.7 Å². The average molecular weight is 384 g/mol. The number of benzene rings is 2. The Morgan fingerprint density at radius 2 is 2.00 bits per heavy atom. The van der Waals surface area contributed by atoms with E-state index in [-0.39, 0.29) is 5.91 Å². The highest BCUT2D eigenvalue weighted by atomic mass is 35.5. The van der Waals surface area contributed by atoms with Gasteiger partial charge in [0.15, 0.2) is 0 Å². The summed E-state index contributed by atoms with van der Waals surface area (Å²) in [6.07, 6.45) is 4.22. The van der Waals surface area contributed by atoms with Crippen molar-refractivity contribution in [3.8, 4) is 16.9 Å². The zero-order valence-electron chi connectivity index (χ0n) is 15.6. The summed E-state index contributed by atoms with van der Waals surface area (Å²) in [6, 6.07) is 11.5. The number of hydrogen-bond donors (Lipinski definition) is 1. The van der Waals surface area contributed by atoms with Crippen molar-refractivity contribution in [1.82, 2.24) is 5.32 Å². The van der Waals surface area contributed by atoms with Gasteiger partial charge in [0, 0.05) is 40.2 Å². The van der Waals surface area contributed by atoms with Gasteiger partial charge in [-0.1, -0.05) is 30.7 Å². The second-order valence-electron chi connectivity index (χ2n) is 6.32. The lowest BCUT2D eigenvalue weighted by Gasteiger charge is -2.10. The molecule has 1 amide bonds. The van der Waals surface area contributed by atoms with E-state index in [9.17, 15) is 4.79 Å². The zero-order valence-corrected chi connectivity index (χ0v) is 16.4. The molecular weight excluding hydrogens is 362 g/mol. The predicted molar refractivity (Wildman–Crippen MR) is 110 cm³/mol. The average Bonchev–Trinajstić information content (AvgIpc) is 3.08. The first-order valence-electron chi connectivity index (χ1n) is 8.85. The fraction of sp³-hybridized carbons (Fsp3) is 0.227. The summed E-state index contributed by atoms with van der Waals surface area (Å²) in [6.45, 7) is 4.57. The lowest BCUT2D eigenvalue weighted by molar-refractivity contribution is -0.116. The normalized spacial score (nSPS) is 11.6. The lowest BCUT2D eigenvalue weighted by Crippen LogP contribution is -2.21. The van der Waals surface area contributed by atoms with Gasteiger partial charge in [-0.15, -0.1) is 0 Å². The van der Waals surface area contributed by atoms with E-state index in [0.717, 1.165) is 39.7 Å². The van der Waals surface area contributed by atoms with Crippen LogP contribution in [0, 0.1) is 0 Å². The van der Waals surface area contributed by atoms with E-state index in [1.165, 1.54) is 0 Å². The van der Waals surface area contributed by atoms with Crippen molar-refractivity contribution in [3.05, 3.63) is 59.3 Å². The Bertz CT molecular complexity index is 987. The van der Waals surface area contributed by atoms with Crippen LogP contribution in [0.2, 0.25) is 5.02 Å². The topological polar surface area (TPSA) is 51.5 Å². The molecule has 3 aromatic rings. The summed E-state index contributed by atoms with van der Waals surface area (Å²) < 4.78 is 11.3. The third-order valence-electron chi connectivity index (χ3n) is 4.37. The lowest BCUT2D eigenvalue weighted by atomic mass is 9.99. The van der Waals surface area contributed by atoms with Crippen molar-refractivity contribution in [2.45, 2.75) is 20.3 Å². The number of hydrogen-bond acceptors (Lipinski definition) is 3. The molecule has 140 valence electrons. The van der Waals surface area contributed by atoms with Crippen LogP contribution in [0.3, 0.4) is 0 Å². The minimum atomic E-state index is -0.110. The molecular formula is C22H22ClNO3. The molecule has 27 heavy (non-hydrogen) atoms. The van der Waals surface area contributed by atoms with Crippen molar-refractivity contribution < 1.29 is 13.9 Å². The molecule has 0 fully saturated rings. The number of ether oxygens (including phenoxy) is 1. The van der Waals surface area contributed by atoms with Crippen LogP contribution >= 0.6 is 11.6 Å². The molecule has 3 rings (SSSR count). The number of fused-ring (bicyclic) bond motifs is 1. The molecule has 0 aliphatic heterocycles. The van der Waals surface area contributed by atoms with E-state index in [0.29, 0.717) is 17.3 Å². The van der Waals surface area contributed by atoms with Gasteiger partial charge >= 0.3 is 0 Å². The Morgan fingerprint density at radius 1 is 1.26 bits per heavy atom. The molecule has 0 aliphatic rings. The molecule has 0 saturated carbocycles. The molecule has 0 radical (unpaired) electrons. The Kier molecular flexibility index (Phi) is 5.87. The number of nitrogens with one attached hydrogen (secondary N) is 1. The highest BCUT2D eigenvalue weighted by molar-refractivity contribution is 6.30. The van der Waals surface area contributed by atoms with Crippen molar-refractivity contribution in [1.29, 1.82) is 0 Å². The van der Waals surface area contributed by atoms with E-state index >= 15 is 0 Å². The fourth-order valence-corrected chi connectivity index (χ4v) is 3.08. The summed E-state index contributed by atoms with van der Waals surface area (Å²) in [4.78, 5) is 12.1. The molecule has 0 aliphatic carbocycles. The molecule has 1 N–H and O–H groups in total. The summed E-state index contributed by atoms with van der Waals surface area (Å²) in [5.74, 6) is 0.554. The van der Waals surface area contributed by atoms with Gasteiger partial charge in [-0.05, 0) is 42.7 Å².